The number of benzene rings is 1. The molecule has 108 valence electrons. The minimum Gasteiger partial charge on any atom is -0.476 e. The van der Waals surface area contributed by atoms with Gasteiger partial charge in [0.2, 0.25) is 0 Å². The SMILES string of the molecule is CCc1ncc(C(=O)c2ccc(SC)cc2)c(C(=O)O)n1. The van der Waals surface area contributed by atoms with Crippen LogP contribution < -0.4 is 0 Å². The van der Waals surface area contributed by atoms with Crippen LogP contribution in [-0.4, -0.2) is 33.1 Å². The number of aromatic carboxylic acids is 1. The molecule has 0 aliphatic heterocycles. The molecule has 2 aromatic rings. The summed E-state index contributed by atoms with van der Waals surface area (Å²) < 4.78 is 0. The Morgan fingerprint density at radius 1 is 1.24 bits per heavy atom. The van der Waals surface area contributed by atoms with Crippen LogP contribution in [-0.2, 0) is 6.42 Å². The molecule has 0 bridgehead atoms. The minimum absolute atomic E-state index is 0.0107. The third-order valence-corrected chi connectivity index (χ3v) is 3.70. The summed E-state index contributed by atoms with van der Waals surface area (Å²) in [6.45, 7) is 1.82. The highest BCUT2D eigenvalue weighted by Crippen LogP contribution is 2.18. The number of nitrogens with zero attached hydrogens (tertiary/aromatic N) is 2. The first-order valence-corrected chi connectivity index (χ1v) is 7.57. The van der Waals surface area contributed by atoms with Gasteiger partial charge in [-0.25, -0.2) is 14.8 Å². The van der Waals surface area contributed by atoms with E-state index in [0.717, 1.165) is 4.90 Å². The van der Waals surface area contributed by atoms with Crippen molar-refractivity contribution in [3.8, 4) is 0 Å². The molecule has 0 atom stereocenters. The van der Waals surface area contributed by atoms with Crippen molar-refractivity contribution >= 4 is 23.5 Å². The maximum absolute atomic E-state index is 12.4. The summed E-state index contributed by atoms with van der Waals surface area (Å²) in [6, 6.07) is 6.99. The quantitative estimate of drug-likeness (QED) is 0.675. The molecule has 0 spiro atoms. The molecule has 0 radical (unpaired) electrons. The van der Waals surface area contributed by atoms with Crippen molar-refractivity contribution in [1.82, 2.24) is 9.97 Å². The van der Waals surface area contributed by atoms with Crippen molar-refractivity contribution in [2.45, 2.75) is 18.2 Å². The zero-order valence-electron chi connectivity index (χ0n) is 11.7. The summed E-state index contributed by atoms with van der Waals surface area (Å²) in [7, 11) is 0. The van der Waals surface area contributed by atoms with Crippen molar-refractivity contribution in [3.05, 3.63) is 53.1 Å². The Labute approximate surface area is 126 Å². The number of hydrogen-bond acceptors (Lipinski definition) is 5. The van der Waals surface area contributed by atoms with Gasteiger partial charge in [0.15, 0.2) is 11.5 Å². The van der Waals surface area contributed by atoms with Crippen LogP contribution in [0.1, 0.15) is 39.2 Å². The van der Waals surface area contributed by atoms with Crippen LogP contribution in [0.15, 0.2) is 35.4 Å². The van der Waals surface area contributed by atoms with Gasteiger partial charge in [0.25, 0.3) is 0 Å². The summed E-state index contributed by atoms with van der Waals surface area (Å²) in [5.41, 5.74) is 0.181. The predicted molar refractivity (Wildman–Crippen MR) is 80.0 cm³/mol. The zero-order valence-corrected chi connectivity index (χ0v) is 12.5. The maximum Gasteiger partial charge on any atom is 0.355 e. The number of thioether (sulfide) groups is 1. The Kier molecular flexibility index (Phi) is 4.70. The summed E-state index contributed by atoms with van der Waals surface area (Å²) in [5.74, 6) is -1.21. The second kappa shape index (κ2) is 6.49. The van der Waals surface area contributed by atoms with E-state index in [1.165, 1.54) is 6.20 Å². The Morgan fingerprint density at radius 2 is 1.90 bits per heavy atom. The number of carboxylic acids is 1. The van der Waals surface area contributed by atoms with Gasteiger partial charge in [0.05, 0.1) is 5.56 Å². The largest absolute Gasteiger partial charge is 0.476 e. The van der Waals surface area contributed by atoms with Crippen LogP contribution in [0.2, 0.25) is 0 Å². The lowest BCUT2D eigenvalue weighted by molar-refractivity contribution is 0.0685. The van der Waals surface area contributed by atoms with Crippen molar-refractivity contribution in [2.75, 3.05) is 6.26 Å². The molecule has 2 rings (SSSR count). The lowest BCUT2D eigenvalue weighted by Gasteiger charge is -2.06. The van der Waals surface area contributed by atoms with E-state index in [0.29, 0.717) is 17.8 Å². The predicted octanol–water partition coefficient (Wildman–Crippen LogP) is 2.69. The number of carboxylic acid groups (broad SMARTS) is 1. The minimum atomic E-state index is -1.23. The van der Waals surface area contributed by atoms with E-state index >= 15 is 0 Å². The van der Waals surface area contributed by atoms with E-state index < -0.39 is 5.97 Å². The molecule has 6 heteroatoms. The molecule has 1 aromatic heterocycles. The van der Waals surface area contributed by atoms with Crippen LogP contribution in [0.5, 0.6) is 0 Å². The second-order valence-electron chi connectivity index (χ2n) is 4.26. The van der Waals surface area contributed by atoms with Gasteiger partial charge in [-0.2, -0.15) is 0 Å². The molecule has 5 nitrogen and oxygen atoms in total. The normalized spacial score (nSPS) is 10.4. The molecule has 21 heavy (non-hydrogen) atoms. The summed E-state index contributed by atoms with van der Waals surface area (Å²) in [6.07, 6.45) is 3.74. The highest BCUT2D eigenvalue weighted by molar-refractivity contribution is 7.98. The van der Waals surface area contributed by atoms with Gasteiger partial charge in [-0.3, -0.25) is 4.79 Å². The Morgan fingerprint density at radius 3 is 2.43 bits per heavy atom. The number of rotatable bonds is 5. The fourth-order valence-corrected chi connectivity index (χ4v) is 2.22. The number of carbonyl (C=O) groups is 2. The molecule has 0 amide bonds. The summed E-state index contributed by atoms with van der Waals surface area (Å²) >= 11 is 1.57. The Balaban J connectivity index is 2.44. The fourth-order valence-electron chi connectivity index (χ4n) is 1.82. The van der Waals surface area contributed by atoms with Crippen LogP contribution >= 0.6 is 11.8 Å². The second-order valence-corrected chi connectivity index (χ2v) is 5.14. The van der Waals surface area contributed by atoms with Gasteiger partial charge in [0, 0.05) is 23.1 Å². The lowest BCUT2D eigenvalue weighted by Crippen LogP contribution is -2.14. The first-order chi connectivity index (χ1) is 10.1. The van der Waals surface area contributed by atoms with Crippen LogP contribution in [0, 0.1) is 0 Å². The van der Waals surface area contributed by atoms with Crippen molar-refractivity contribution in [3.63, 3.8) is 0 Å². The smallest absolute Gasteiger partial charge is 0.355 e. The molecule has 0 aliphatic carbocycles. The monoisotopic (exact) mass is 302 g/mol. The maximum atomic E-state index is 12.4. The molecule has 0 saturated heterocycles. The van der Waals surface area contributed by atoms with E-state index in [1.54, 1.807) is 23.9 Å². The first kappa shape index (κ1) is 15.2. The van der Waals surface area contributed by atoms with Gasteiger partial charge in [-0.15, -0.1) is 11.8 Å². The molecule has 1 N–H and O–H groups in total. The van der Waals surface area contributed by atoms with Gasteiger partial charge in [0.1, 0.15) is 5.82 Å². The van der Waals surface area contributed by atoms with E-state index in [-0.39, 0.29) is 17.0 Å². The third kappa shape index (κ3) is 3.28. The molecule has 1 aromatic carbocycles. The van der Waals surface area contributed by atoms with Crippen molar-refractivity contribution in [1.29, 1.82) is 0 Å². The van der Waals surface area contributed by atoms with E-state index in [4.69, 9.17) is 0 Å². The first-order valence-electron chi connectivity index (χ1n) is 6.34. The van der Waals surface area contributed by atoms with Gasteiger partial charge >= 0.3 is 5.97 Å². The third-order valence-electron chi connectivity index (χ3n) is 2.95. The van der Waals surface area contributed by atoms with Crippen LogP contribution in [0.3, 0.4) is 0 Å². The molecule has 1 heterocycles. The topological polar surface area (TPSA) is 80.2 Å². The average molecular weight is 302 g/mol. The number of hydrogen-bond donors (Lipinski definition) is 1. The highest BCUT2D eigenvalue weighted by Gasteiger charge is 2.20. The highest BCUT2D eigenvalue weighted by atomic mass is 32.2. The zero-order chi connectivity index (χ0) is 15.4. The van der Waals surface area contributed by atoms with E-state index in [9.17, 15) is 14.7 Å². The molecule has 0 unspecified atom stereocenters. The van der Waals surface area contributed by atoms with Gasteiger partial charge in [-0.05, 0) is 30.5 Å². The average Bonchev–Trinajstić information content (AvgIpc) is 2.53. The molecular weight excluding hydrogens is 288 g/mol. The van der Waals surface area contributed by atoms with Crippen molar-refractivity contribution < 1.29 is 14.7 Å². The standard InChI is InChI=1S/C15H14N2O3S/c1-3-12-16-8-11(13(17-12)15(19)20)14(18)9-4-6-10(21-2)7-5-9/h4-8H,3H2,1-2H3,(H,19,20). The lowest BCUT2D eigenvalue weighted by atomic mass is 10.0. The molecule has 0 fully saturated rings. The fraction of sp³-hybridized carbons (Fsp3) is 0.200. The number of aryl methyl sites for hydroxylation is 1. The molecule has 0 aliphatic rings. The summed E-state index contributed by atoms with van der Waals surface area (Å²) in [5, 5.41) is 9.22. The number of aromatic nitrogens is 2. The number of carbonyl (C=O) groups excluding carboxylic acids is 1. The van der Waals surface area contributed by atoms with E-state index in [1.807, 2.05) is 25.3 Å². The van der Waals surface area contributed by atoms with Crippen LogP contribution in [0.4, 0.5) is 0 Å². The number of ketones is 1. The van der Waals surface area contributed by atoms with Gasteiger partial charge in [-0.1, -0.05) is 6.92 Å². The Hall–Kier alpha value is -2.21. The molecule has 0 saturated carbocycles. The Bertz CT molecular complexity index is 684. The van der Waals surface area contributed by atoms with Crippen molar-refractivity contribution in [2.24, 2.45) is 0 Å². The summed E-state index contributed by atoms with van der Waals surface area (Å²) in [4.78, 5) is 32.7. The molecular formula is C15H14N2O3S. The van der Waals surface area contributed by atoms with E-state index in [2.05, 4.69) is 9.97 Å². The van der Waals surface area contributed by atoms with Gasteiger partial charge < -0.3 is 5.11 Å². The van der Waals surface area contributed by atoms with Crippen LogP contribution in [0.25, 0.3) is 0 Å².